The number of rotatable bonds is 4. The molecule has 0 fully saturated rings. The molecule has 0 aromatic heterocycles. The smallest absolute Gasteiger partial charge is 0.185 e. The summed E-state index contributed by atoms with van der Waals surface area (Å²) < 4.78 is 0. The number of carbonyl (C=O) groups excluding carboxylic acids is 2. The van der Waals surface area contributed by atoms with Crippen molar-refractivity contribution < 1.29 is 9.59 Å². The van der Waals surface area contributed by atoms with Crippen molar-refractivity contribution in [3.8, 4) is 0 Å². The van der Waals surface area contributed by atoms with Crippen LogP contribution in [0.15, 0.2) is 12.7 Å². The molecule has 0 saturated heterocycles. The zero-order valence-corrected chi connectivity index (χ0v) is 6.74. The highest BCUT2D eigenvalue weighted by Crippen LogP contribution is 2.03. The van der Waals surface area contributed by atoms with Gasteiger partial charge >= 0.3 is 0 Å². The Hall–Kier alpha value is -0.570. The van der Waals surface area contributed by atoms with Gasteiger partial charge in [0, 0.05) is 19.1 Å². The summed E-state index contributed by atoms with van der Waals surface area (Å²) in [4.78, 5) is 20.9. The lowest BCUT2D eigenvalue weighted by molar-refractivity contribution is -0.114. The van der Waals surface area contributed by atoms with Gasteiger partial charge in [-0.05, 0) is 6.08 Å². The summed E-state index contributed by atoms with van der Waals surface area (Å²) >= 11 is 1.17. The minimum absolute atomic E-state index is 0.00579. The molecule has 0 aromatic carbocycles. The molecule has 56 valence electrons. The van der Waals surface area contributed by atoms with Crippen molar-refractivity contribution in [3.63, 3.8) is 0 Å². The van der Waals surface area contributed by atoms with E-state index < -0.39 is 0 Å². The maximum atomic E-state index is 10.6. The van der Waals surface area contributed by atoms with Crippen molar-refractivity contribution in [1.29, 1.82) is 0 Å². The van der Waals surface area contributed by atoms with Gasteiger partial charge in [0.25, 0.3) is 0 Å². The second-order valence-electron chi connectivity index (χ2n) is 1.76. The number of thioether (sulfide) groups is 1. The van der Waals surface area contributed by atoms with Crippen LogP contribution < -0.4 is 0 Å². The highest BCUT2D eigenvalue weighted by molar-refractivity contribution is 8.13. The summed E-state index contributed by atoms with van der Waals surface area (Å²) in [6.45, 7) is 4.80. The first kappa shape index (κ1) is 9.43. The van der Waals surface area contributed by atoms with Gasteiger partial charge in [-0.1, -0.05) is 18.3 Å². The Bertz CT molecular complexity index is 152. The Kier molecular flexibility index (Phi) is 4.94. The molecule has 0 spiro atoms. The van der Waals surface area contributed by atoms with Gasteiger partial charge in [0.15, 0.2) is 10.9 Å². The Morgan fingerprint density at radius 1 is 1.60 bits per heavy atom. The molecular weight excluding hydrogens is 148 g/mol. The largest absolute Gasteiger partial charge is 0.295 e. The van der Waals surface area contributed by atoms with Crippen LogP contribution in [0.1, 0.15) is 13.3 Å². The second-order valence-corrected chi connectivity index (χ2v) is 3.03. The summed E-state index contributed by atoms with van der Waals surface area (Å²) in [5.74, 6) is 0.564. The molecule has 0 aliphatic heterocycles. The van der Waals surface area contributed by atoms with Crippen molar-refractivity contribution in [3.05, 3.63) is 12.7 Å². The van der Waals surface area contributed by atoms with Crippen LogP contribution in [0.4, 0.5) is 0 Å². The Labute approximate surface area is 64.7 Å². The van der Waals surface area contributed by atoms with Gasteiger partial charge < -0.3 is 0 Å². The lowest BCUT2D eigenvalue weighted by atomic mass is 10.3. The van der Waals surface area contributed by atoms with E-state index in [1.165, 1.54) is 24.8 Å². The van der Waals surface area contributed by atoms with Crippen LogP contribution in [0.2, 0.25) is 0 Å². The van der Waals surface area contributed by atoms with E-state index in [2.05, 4.69) is 6.58 Å². The van der Waals surface area contributed by atoms with E-state index in [0.717, 1.165) is 0 Å². The summed E-state index contributed by atoms with van der Waals surface area (Å²) in [7, 11) is 0. The van der Waals surface area contributed by atoms with E-state index in [0.29, 0.717) is 12.2 Å². The number of ketones is 1. The highest BCUT2D eigenvalue weighted by atomic mass is 32.2. The maximum Gasteiger partial charge on any atom is 0.185 e. The number of hydrogen-bond donors (Lipinski definition) is 0. The standard InChI is InChI=1S/C7H10O2S/c1-3-7(9)4-5-10-6(2)8/h3H,1,4-5H2,2H3. The van der Waals surface area contributed by atoms with Crippen molar-refractivity contribution in [2.75, 3.05) is 5.75 Å². The monoisotopic (exact) mass is 158 g/mol. The SMILES string of the molecule is C=CC(=O)CCSC(C)=O. The van der Waals surface area contributed by atoms with Gasteiger partial charge in [0.05, 0.1) is 0 Å². The minimum atomic E-state index is -0.00579. The van der Waals surface area contributed by atoms with Crippen LogP contribution in [0, 0.1) is 0 Å². The molecule has 3 heteroatoms. The predicted molar refractivity (Wildman–Crippen MR) is 43.0 cm³/mol. The summed E-state index contributed by atoms with van der Waals surface area (Å²) in [6.07, 6.45) is 1.69. The van der Waals surface area contributed by atoms with E-state index in [1.54, 1.807) is 0 Å². The molecule has 0 saturated carbocycles. The van der Waals surface area contributed by atoms with Crippen LogP contribution in [-0.4, -0.2) is 16.7 Å². The topological polar surface area (TPSA) is 34.1 Å². The van der Waals surface area contributed by atoms with E-state index in [1.807, 2.05) is 0 Å². The number of allylic oxidation sites excluding steroid dienone is 1. The van der Waals surface area contributed by atoms with Gasteiger partial charge in [0.2, 0.25) is 0 Å². The molecule has 0 aromatic rings. The van der Waals surface area contributed by atoms with Crippen molar-refractivity contribution in [1.82, 2.24) is 0 Å². The van der Waals surface area contributed by atoms with Crippen LogP contribution >= 0.6 is 11.8 Å². The fourth-order valence-corrected chi connectivity index (χ4v) is 0.988. The Morgan fingerprint density at radius 2 is 2.20 bits per heavy atom. The average Bonchev–Trinajstić information content (AvgIpc) is 1.87. The van der Waals surface area contributed by atoms with E-state index >= 15 is 0 Å². The van der Waals surface area contributed by atoms with E-state index in [9.17, 15) is 9.59 Å². The lowest BCUT2D eigenvalue weighted by Crippen LogP contribution is -1.95. The van der Waals surface area contributed by atoms with Gasteiger partial charge in [-0.2, -0.15) is 0 Å². The van der Waals surface area contributed by atoms with E-state index in [-0.39, 0.29) is 10.9 Å². The third-order valence-electron chi connectivity index (χ3n) is 0.881. The first-order chi connectivity index (χ1) is 4.66. The lowest BCUT2D eigenvalue weighted by Gasteiger charge is -1.91. The molecule has 0 rings (SSSR count). The molecule has 10 heavy (non-hydrogen) atoms. The van der Waals surface area contributed by atoms with Crippen LogP contribution in [0.25, 0.3) is 0 Å². The highest BCUT2D eigenvalue weighted by Gasteiger charge is 1.97. The first-order valence-corrected chi connectivity index (χ1v) is 3.94. The van der Waals surface area contributed by atoms with Crippen LogP contribution in [-0.2, 0) is 9.59 Å². The normalized spacial score (nSPS) is 8.90. The molecule has 0 aliphatic rings. The molecule has 0 N–H and O–H groups in total. The van der Waals surface area contributed by atoms with Crippen LogP contribution in [0.5, 0.6) is 0 Å². The van der Waals surface area contributed by atoms with Gasteiger partial charge in [0.1, 0.15) is 0 Å². The van der Waals surface area contributed by atoms with Crippen LogP contribution in [0.3, 0.4) is 0 Å². The van der Waals surface area contributed by atoms with Gasteiger partial charge in [-0.15, -0.1) is 0 Å². The molecular formula is C7H10O2S. The molecule has 0 unspecified atom stereocenters. The predicted octanol–water partition coefficient (Wildman–Crippen LogP) is 1.41. The molecule has 0 atom stereocenters. The second kappa shape index (κ2) is 5.23. The zero-order valence-electron chi connectivity index (χ0n) is 5.92. The number of carbonyl (C=O) groups is 2. The average molecular weight is 158 g/mol. The quantitative estimate of drug-likeness (QED) is 0.580. The Morgan fingerprint density at radius 3 is 2.60 bits per heavy atom. The minimum Gasteiger partial charge on any atom is -0.295 e. The summed E-state index contributed by atoms with van der Waals surface area (Å²) in [5.41, 5.74) is 0. The van der Waals surface area contributed by atoms with E-state index in [4.69, 9.17) is 0 Å². The zero-order chi connectivity index (χ0) is 7.98. The summed E-state index contributed by atoms with van der Waals surface area (Å²) in [6, 6.07) is 0. The third kappa shape index (κ3) is 5.56. The first-order valence-electron chi connectivity index (χ1n) is 2.95. The molecule has 0 aliphatic carbocycles. The van der Waals surface area contributed by atoms with Crippen molar-refractivity contribution in [2.24, 2.45) is 0 Å². The third-order valence-corrected chi connectivity index (χ3v) is 1.70. The summed E-state index contributed by atoms with van der Waals surface area (Å²) in [5, 5.41) is 0.0527. The Balaban J connectivity index is 3.28. The fraction of sp³-hybridized carbons (Fsp3) is 0.429. The van der Waals surface area contributed by atoms with Gasteiger partial charge in [-0.3, -0.25) is 9.59 Å². The molecule has 0 bridgehead atoms. The van der Waals surface area contributed by atoms with Crippen molar-refractivity contribution >= 4 is 22.7 Å². The maximum absolute atomic E-state index is 10.6. The van der Waals surface area contributed by atoms with Gasteiger partial charge in [-0.25, -0.2) is 0 Å². The number of hydrogen-bond acceptors (Lipinski definition) is 3. The molecule has 2 nitrogen and oxygen atoms in total. The molecule has 0 radical (unpaired) electrons. The fourth-order valence-electron chi connectivity index (χ4n) is 0.397. The van der Waals surface area contributed by atoms with Crippen molar-refractivity contribution in [2.45, 2.75) is 13.3 Å². The molecule has 0 heterocycles. The molecule has 0 amide bonds.